The lowest BCUT2D eigenvalue weighted by Crippen LogP contribution is -2.35. The van der Waals surface area contributed by atoms with Gasteiger partial charge in [-0.3, -0.25) is 14.9 Å². The molecule has 0 aromatic heterocycles. The lowest BCUT2D eigenvalue weighted by Gasteiger charge is -2.26. The number of ether oxygens (including phenoxy) is 1. The summed E-state index contributed by atoms with van der Waals surface area (Å²) in [5.74, 6) is -0.533. The van der Waals surface area contributed by atoms with Gasteiger partial charge in [0.15, 0.2) is 0 Å². The van der Waals surface area contributed by atoms with E-state index in [-0.39, 0.29) is 17.3 Å². The zero-order valence-electron chi connectivity index (χ0n) is 16.2. The van der Waals surface area contributed by atoms with Crippen LogP contribution in [0, 0.1) is 10.1 Å². The van der Waals surface area contributed by atoms with E-state index in [9.17, 15) is 19.7 Å². The zero-order chi connectivity index (χ0) is 20.8. The van der Waals surface area contributed by atoms with Gasteiger partial charge in [-0.15, -0.1) is 0 Å². The molecule has 2 aromatic rings. The third kappa shape index (κ3) is 4.90. The predicted molar refractivity (Wildman–Crippen MR) is 108 cm³/mol. The molecular weight excluding hydrogens is 374 g/mol. The van der Waals surface area contributed by atoms with Crippen molar-refractivity contribution in [1.82, 2.24) is 4.90 Å². The zero-order valence-corrected chi connectivity index (χ0v) is 16.2. The molecule has 1 aliphatic heterocycles. The monoisotopic (exact) mass is 397 g/mol. The molecule has 0 radical (unpaired) electrons. The van der Waals surface area contributed by atoms with Gasteiger partial charge in [-0.2, -0.15) is 0 Å². The highest BCUT2D eigenvalue weighted by atomic mass is 16.6. The Hall–Kier alpha value is -3.42. The third-order valence-electron chi connectivity index (χ3n) is 4.94. The first-order valence-electron chi connectivity index (χ1n) is 9.48. The molecule has 8 heteroatoms. The second-order valence-corrected chi connectivity index (χ2v) is 6.88. The van der Waals surface area contributed by atoms with E-state index in [1.807, 2.05) is 0 Å². The Morgan fingerprint density at radius 2 is 1.72 bits per heavy atom. The molecule has 0 unspecified atom stereocenters. The molecule has 0 atom stereocenters. The quantitative estimate of drug-likeness (QED) is 0.454. The summed E-state index contributed by atoms with van der Waals surface area (Å²) in [6, 6.07) is 11.2. The molecule has 2 aromatic carbocycles. The number of likely N-dealkylation sites (tertiary alicyclic amines) is 1. The maximum Gasteiger partial charge on any atom is 0.337 e. The molecule has 0 aliphatic carbocycles. The van der Waals surface area contributed by atoms with Gasteiger partial charge in [0.05, 0.1) is 17.6 Å². The number of nitrogens with zero attached hydrogens (tertiary/aromatic N) is 2. The molecule has 1 aliphatic rings. The van der Waals surface area contributed by atoms with Crippen LogP contribution in [0.15, 0.2) is 42.5 Å². The lowest BCUT2D eigenvalue weighted by atomic mass is 10.1. The molecule has 3 rings (SSSR count). The first kappa shape index (κ1) is 20.3. The second kappa shape index (κ2) is 9.18. The van der Waals surface area contributed by atoms with Gasteiger partial charge in [0.1, 0.15) is 5.69 Å². The molecular formula is C21H23N3O5. The summed E-state index contributed by atoms with van der Waals surface area (Å²) in [6.07, 6.45) is 3.07. The number of carbonyl (C=O) groups is 2. The average Bonchev–Trinajstić information content (AvgIpc) is 2.77. The van der Waals surface area contributed by atoms with Crippen LogP contribution in [0.1, 0.15) is 45.5 Å². The van der Waals surface area contributed by atoms with E-state index in [0.29, 0.717) is 30.8 Å². The fourth-order valence-electron chi connectivity index (χ4n) is 3.32. The number of methoxy groups -OCH3 is 1. The van der Waals surface area contributed by atoms with Crippen molar-refractivity contribution in [2.24, 2.45) is 0 Å². The highest BCUT2D eigenvalue weighted by Gasteiger charge is 2.21. The largest absolute Gasteiger partial charge is 0.465 e. The van der Waals surface area contributed by atoms with Crippen LogP contribution in [0.5, 0.6) is 0 Å². The Kier molecular flexibility index (Phi) is 6.43. The summed E-state index contributed by atoms with van der Waals surface area (Å²) in [6.45, 7) is 1.74. The number of anilines is 1. The smallest absolute Gasteiger partial charge is 0.337 e. The average molecular weight is 397 g/mol. The van der Waals surface area contributed by atoms with E-state index in [4.69, 9.17) is 0 Å². The number of hydrogen-bond donors (Lipinski definition) is 1. The van der Waals surface area contributed by atoms with Crippen molar-refractivity contribution in [3.8, 4) is 0 Å². The standard InChI is InChI=1S/C21H23N3O5/c1-29-21(26)16-7-5-15(6-8-16)14-22-18-13-17(9-10-19(18)24(27)28)20(25)23-11-3-2-4-12-23/h5-10,13,22H,2-4,11-12,14H2,1H3. The molecule has 8 nitrogen and oxygen atoms in total. The van der Waals surface area contributed by atoms with Crippen LogP contribution in [0.25, 0.3) is 0 Å². The number of nitrogens with one attached hydrogen (secondary N) is 1. The van der Waals surface area contributed by atoms with Crippen molar-refractivity contribution < 1.29 is 19.2 Å². The minimum absolute atomic E-state index is 0.0913. The maximum atomic E-state index is 12.7. The molecule has 0 bridgehead atoms. The van der Waals surface area contributed by atoms with Crippen LogP contribution in [-0.2, 0) is 11.3 Å². The van der Waals surface area contributed by atoms with E-state index < -0.39 is 10.9 Å². The summed E-state index contributed by atoms with van der Waals surface area (Å²) < 4.78 is 4.67. The van der Waals surface area contributed by atoms with Crippen molar-refractivity contribution in [2.45, 2.75) is 25.8 Å². The van der Waals surface area contributed by atoms with E-state index in [1.54, 1.807) is 29.2 Å². The SMILES string of the molecule is COC(=O)c1ccc(CNc2cc(C(=O)N3CCCCC3)ccc2[N+](=O)[O-])cc1. The second-order valence-electron chi connectivity index (χ2n) is 6.88. The summed E-state index contributed by atoms with van der Waals surface area (Å²) in [7, 11) is 1.31. The summed E-state index contributed by atoms with van der Waals surface area (Å²) in [4.78, 5) is 36.9. The van der Waals surface area contributed by atoms with E-state index in [1.165, 1.54) is 25.3 Å². The topological polar surface area (TPSA) is 102 Å². The normalized spacial score (nSPS) is 13.6. The van der Waals surface area contributed by atoms with Crippen LogP contribution >= 0.6 is 0 Å². The van der Waals surface area contributed by atoms with Crippen LogP contribution in [0.3, 0.4) is 0 Å². The molecule has 1 amide bonds. The van der Waals surface area contributed by atoms with Crippen molar-refractivity contribution in [3.05, 3.63) is 69.3 Å². The van der Waals surface area contributed by atoms with Crippen molar-refractivity contribution in [2.75, 3.05) is 25.5 Å². The number of piperidine rings is 1. The Morgan fingerprint density at radius 3 is 2.34 bits per heavy atom. The Labute approximate surface area is 168 Å². The lowest BCUT2D eigenvalue weighted by molar-refractivity contribution is -0.384. The minimum atomic E-state index is -0.474. The summed E-state index contributed by atoms with van der Waals surface area (Å²) in [5.41, 5.74) is 1.89. The number of esters is 1. The van der Waals surface area contributed by atoms with Crippen LogP contribution < -0.4 is 5.32 Å². The van der Waals surface area contributed by atoms with E-state index in [2.05, 4.69) is 10.1 Å². The highest BCUT2D eigenvalue weighted by molar-refractivity contribution is 5.96. The van der Waals surface area contributed by atoms with Crippen molar-refractivity contribution in [1.29, 1.82) is 0 Å². The van der Waals surface area contributed by atoms with Gasteiger partial charge >= 0.3 is 5.97 Å². The molecule has 29 heavy (non-hydrogen) atoms. The molecule has 0 saturated carbocycles. The molecule has 1 saturated heterocycles. The Balaban J connectivity index is 1.76. The number of hydrogen-bond acceptors (Lipinski definition) is 6. The predicted octanol–water partition coefficient (Wildman–Crippen LogP) is 3.62. The van der Waals surface area contributed by atoms with Crippen LogP contribution in [0.2, 0.25) is 0 Å². The van der Waals surface area contributed by atoms with Crippen molar-refractivity contribution in [3.63, 3.8) is 0 Å². The Bertz CT molecular complexity index is 905. The third-order valence-corrected chi connectivity index (χ3v) is 4.94. The van der Waals surface area contributed by atoms with Crippen LogP contribution in [0.4, 0.5) is 11.4 Å². The van der Waals surface area contributed by atoms with Gasteiger partial charge in [0, 0.05) is 31.3 Å². The molecule has 1 heterocycles. The first-order chi connectivity index (χ1) is 14.0. The van der Waals surface area contributed by atoms with Gasteiger partial charge in [0.25, 0.3) is 11.6 Å². The van der Waals surface area contributed by atoms with E-state index in [0.717, 1.165) is 24.8 Å². The number of nitro groups is 1. The Morgan fingerprint density at radius 1 is 1.07 bits per heavy atom. The van der Waals surface area contributed by atoms with Crippen molar-refractivity contribution >= 4 is 23.3 Å². The molecule has 1 fully saturated rings. The minimum Gasteiger partial charge on any atom is -0.465 e. The summed E-state index contributed by atoms with van der Waals surface area (Å²) >= 11 is 0. The van der Waals surface area contributed by atoms with Gasteiger partial charge < -0.3 is 15.0 Å². The first-order valence-corrected chi connectivity index (χ1v) is 9.48. The maximum absolute atomic E-state index is 12.7. The van der Waals surface area contributed by atoms with Gasteiger partial charge in [-0.1, -0.05) is 12.1 Å². The molecule has 1 N–H and O–H groups in total. The summed E-state index contributed by atoms with van der Waals surface area (Å²) in [5, 5.41) is 14.4. The number of amides is 1. The molecule has 0 spiro atoms. The number of carbonyl (C=O) groups excluding carboxylic acids is 2. The van der Waals surface area contributed by atoms with Gasteiger partial charge in [-0.05, 0) is 49.1 Å². The molecule has 152 valence electrons. The highest BCUT2D eigenvalue weighted by Crippen LogP contribution is 2.27. The van der Waals surface area contributed by atoms with Crippen LogP contribution in [-0.4, -0.2) is 41.9 Å². The van der Waals surface area contributed by atoms with Gasteiger partial charge in [-0.25, -0.2) is 4.79 Å². The fourth-order valence-corrected chi connectivity index (χ4v) is 3.32. The number of rotatable bonds is 6. The van der Waals surface area contributed by atoms with Gasteiger partial charge in [0.2, 0.25) is 0 Å². The van der Waals surface area contributed by atoms with E-state index >= 15 is 0 Å². The number of benzene rings is 2. The fraction of sp³-hybridized carbons (Fsp3) is 0.333. The number of nitro benzene ring substituents is 1.